The molecule has 2 aromatic carbocycles. The number of nitrogens with zero attached hydrogens (tertiary/aromatic N) is 1. The van der Waals surface area contributed by atoms with Crippen LogP contribution in [0.15, 0.2) is 53.3 Å². The second-order valence-corrected chi connectivity index (χ2v) is 7.39. The Bertz CT molecular complexity index is 932. The minimum atomic E-state index is 0.559. The molecule has 1 atom stereocenters. The maximum atomic E-state index is 6.90. The molecule has 2 nitrogen and oxygen atoms in total. The molecule has 1 aliphatic carbocycles. The molecule has 0 spiro atoms. The van der Waals surface area contributed by atoms with E-state index in [2.05, 4.69) is 48.0 Å². The van der Waals surface area contributed by atoms with Crippen LogP contribution in [0.1, 0.15) is 25.3 Å². The number of ether oxygens (including phenoxy) is 1. The molecule has 0 fully saturated rings. The quantitative estimate of drug-likeness (QED) is 0.513. The van der Waals surface area contributed by atoms with Gasteiger partial charge in [-0.1, -0.05) is 48.9 Å². The smallest absolute Gasteiger partial charge is 0.169 e. The van der Waals surface area contributed by atoms with E-state index in [0.717, 1.165) is 45.9 Å². The summed E-state index contributed by atoms with van der Waals surface area (Å²) in [4.78, 5) is 0. The third-order valence-corrected chi connectivity index (χ3v) is 5.11. The Morgan fingerprint density at radius 3 is 2.71 bits per heavy atom. The van der Waals surface area contributed by atoms with Gasteiger partial charge in [0.2, 0.25) is 0 Å². The number of rotatable bonds is 1. The van der Waals surface area contributed by atoms with Crippen LogP contribution in [0.25, 0.3) is 15.8 Å². The molecule has 2 aromatic rings. The van der Waals surface area contributed by atoms with Gasteiger partial charge < -0.3 is 4.74 Å². The summed E-state index contributed by atoms with van der Waals surface area (Å²) in [5.74, 6) is 2.37. The van der Waals surface area contributed by atoms with Gasteiger partial charge in [-0.2, -0.15) is 0 Å². The van der Waals surface area contributed by atoms with Gasteiger partial charge in [-0.3, -0.25) is 0 Å². The van der Waals surface area contributed by atoms with Crippen LogP contribution in [0.3, 0.4) is 0 Å². The lowest BCUT2D eigenvalue weighted by Gasteiger charge is -2.30. The molecule has 1 heterocycles. The minimum Gasteiger partial charge on any atom is -0.456 e. The zero-order chi connectivity index (χ0) is 16.8. The molecule has 0 aromatic heterocycles. The van der Waals surface area contributed by atoms with Crippen molar-refractivity contribution >= 4 is 33.6 Å². The Balaban J connectivity index is 2.00. The fourth-order valence-electron chi connectivity index (χ4n) is 3.74. The van der Waals surface area contributed by atoms with Gasteiger partial charge in [-0.25, -0.2) is 4.58 Å². The van der Waals surface area contributed by atoms with Gasteiger partial charge in [-0.05, 0) is 35.6 Å². The minimum absolute atomic E-state index is 0.559. The average molecular weight is 339 g/mol. The molecule has 4 rings (SSSR count). The van der Waals surface area contributed by atoms with Crippen LogP contribution in [0.2, 0.25) is 0 Å². The van der Waals surface area contributed by atoms with Crippen molar-refractivity contribution in [1.29, 1.82) is 0 Å². The van der Waals surface area contributed by atoms with Crippen molar-refractivity contribution in [3.05, 3.63) is 58.9 Å². The van der Waals surface area contributed by atoms with Crippen LogP contribution in [-0.2, 0) is 0 Å². The van der Waals surface area contributed by atoms with Crippen LogP contribution >= 0.6 is 11.6 Å². The standard InChI is InChI=1S/C21H21ClNO/c1-13-10-15(12-23(2)3)21-17(11-13)20(22)19-16-7-5-4-6-14(16)8-9-18(19)24-21/h4-9,12-13H,10-11H2,1-3H3/q+1. The SMILES string of the molecule is CC1CC(C=[N+](C)C)=C2Oc3ccc4ccccc4c3C(Cl)=C2C1. The number of halogens is 1. The van der Waals surface area contributed by atoms with Crippen molar-refractivity contribution in [2.75, 3.05) is 14.1 Å². The zero-order valence-electron chi connectivity index (χ0n) is 14.3. The number of benzene rings is 2. The zero-order valence-corrected chi connectivity index (χ0v) is 15.0. The van der Waals surface area contributed by atoms with E-state index in [1.54, 1.807) is 0 Å². The van der Waals surface area contributed by atoms with E-state index < -0.39 is 0 Å². The molecular weight excluding hydrogens is 318 g/mol. The number of hydrogen-bond acceptors (Lipinski definition) is 1. The molecule has 0 saturated heterocycles. The van der Waals surface area contributed by atoms with E-state index in [1.165, 1.54) is 11.0 Å². The summed E-state index contributed by atoms with van der Waals surface area (Å²) in [7, 11) is 4.09. The summed E-state index contributed by atoms with van der Waals surface area (Å²) in [5.41, 5.74) is 3.41. The van der Waals surface area contributed by atoms with Gasteiger partial charge in [0.25, 0.3) is 0 Å². The molecule has 1 aliphatic heterocycles. The van der Waals surface area contributed by atoms with Crippen LogP contribution in [-0.4, -0.2) is 24.9 Å². The van der Waals surface area contributed by atoms with E-state index in [0.29, 0.717) is 5.92 Å². The monoisotopic (exact) mass is 338 g/mol. The van der Waals surface area contributed by atoms with E-state index in [-0.39, 0.29) is 0 Å². The molecule has 3 heteroatoms. The molecule has 0 radical (unpaired) electrons. The maximum Gasteiger partial charge on any atom is 0.169 e. The largest absolute Gasteiger partial charge is 0.456 e. The molecule has 2 aliphatic rings. The first-order valence-electron chi connectivity index (χ1n) is 8.38. The summed E-state index contributed by atoms with van der Waals surface area (Å²) in [6, 6.07) is 12.5. The predicted molar refractivity (Wildman–Crippen MR) is 101 cm³/mol. The van der Waals surface area contributed by atoms with E-state index in [9.17, 15) is 0 Å². The molecular formula is C21H21ClNO+. The van der Waals surface area contributed by atoms with Gasteiger partial charge in [0.15, 0.2) is 6.21 Å². The van der Waals surface area contributed by atoms with Gasteiger partial charge >= 0.3 is 0 Å². The van der Waals surface area contributed by atoms with Crippen molar-refractivity contribution in [3.63, 3.8) is 0 Å². The van der Waals surface area contributed by atoms with Gasteiger partial charge in [0.1, 0.15) is 25.6 Å². The normalized spacial score (nSPS) is 19.8. The third kappa shape index (κ3) is 2.46. The third-order valence-electron chi connectivity index (χ3n) is 4.69. The maximum absolute atomic E-state index is 6.90. The van der Waals surface area contributed by atoms with Crippen molar-refractivity contribution < 1.29 is 9.31 Å². The summed E-state index contributed by atoms with van der Waals surface area (Å²) in [5, 5.41) is 3.19. The molecule has 0 N–H and O–H groups in total. The molecule has 0 saturated carbocycles. The summed E-state index contributed by atoms with van der Waals surface area (Å²) < 4.78 is 8.43. The Labute approximate surface area is 147 Å². The van der Waals surface area contributed by atoms with Gasteiger partial charge in [0, 0.05) is 11.1 Å². The highest BCUT2D eigenvalue weighted by atomic mass is 35.5. The fourth-order valence-corrected chi connectivity index (χ4v) is 4.10. The fraction of sp³-hybridized carbons (Fsp3) is 0.286. The second kappa shape index (κ2) is 5.78. The molecule has 1 unspecified atom stereocenters. The Morgan fingerprint density at radius 2 is 1.92 bits per heavy atom. The molecule has 0 bridgehead atoms. The molecule has 122 valence electrons. The number of hydrogen-bond donors (Lipinski definition) is 0. The highest BCUT2D eigenvalue weighted by Crippen LogP contribution is 2.48. The van der Waals surface area contributed by atoms with Crippen LogP contribution in [0.5, 0.6) is 5.75 Å². The lowest BCUT2D eigenvalue weighted by Crippen LogP contribution is -2.20. The van der Waals surface area contributed by atoms with Crippen molar-refractivity contribution in [3.8, 4) is 5.75 Å². The second-order valence-electron chi connectivity index (χ2n) is 7.01. The first kappa shape index (κ1) is 15.5. The molecule has 0 amide bonds. The number of fused-ring (bicyclic) bond motifs is 4. The van der Waals surface area contributed by atoms with Crippen molar-refractivity contribution in [2.24, 2.45) is 5.92 Å². The van der Waals surface area contributed by atoms with Crippen LogP contribution < -0.4 is 4.74 Å². The lowest BCUT2D eigenvalue weighted by molar-refractivity contribution is -0.459. The summed E-state index contributed by atoms with van der Waals surface area (Å²) in [6.45, 7) is 2.27. The molecule has 24 heavy (non-hydrogen) atoms. The number of allylic oxidation sites excluding steroid dienone is 2. The topological polar surface area (TPSA) is 12.2 Å². The Morgan fingerprint density at radius 1 is 1.12 bits per heavy atom. The Hall–Kier alpha value is -2.06. The summed E-state index contributed by atoms with van der Waals surface area (Å²) in [6.07, 6.45) is 4.13. The van der Waals surface area contributed by atoms with Crippen LogP contribution in [0, 0.1) is 5.92 Å². The van der Waals surface area contributed by atoms with E-state index in [1.807, 2.05) is 20.2 Å². The lowest BCUT2D eigenvalue weighted by atomic mass is 9.83. The predicted octanol–water partition coefficient (Wildman–Crippen LogP) is 5.21. The van der Waals surface area contributed by atoms with Gasteiger partial charge in [0.05, 0.1) is 10.6 Å². The summed E-state index contributed by atoms with van der Waals surface area (Å²) >= 11 is 6.90. The first-order chi connectivity index (χ1) is 11.5. The van der Waals surface area contributed by atoms with E-state index >= 15 is 0 Å². The van der Waals surface area contributed by atoms with E-state index in [4.69, 9.17) is 16.3 Å². The Kier molecular flexibility index (Phi) is 3.73. The highest BCUT2D eigenvalue weighted by molar-refractivity contribution is 6.51. The van der Waals surface area contributed by atoms with Crippen molar-refractivity contribution in [1.82, 2.24) is 0 Å². The van der Waals surface area contributed by atoms with Gasteiger partial charge in [-0.15, -0.1) is 0 Å². The van der Waals surface area contributed by atoms with Crippen molar-refractivity contribution in [2.45, 2.75) is 19.8 Å². The first-order valence-corrected chi connectivity index (χ1v) is 8.76. The van der Waals surface area contributed by atoms with Crippen LogP contribution in [0.4, 0.5) is 0 Å². The highest BCUT2D eigenvalue weighted by Gasteiger charge is 2.32. The average Bonchev–Trinajstić information content (AvgIpc) is 2.55.